The maximum absolute atomic E-state index is 3.73. The van der Waals surface area contributed by atoms with Crippen molar-refractivity contribution in [1.29, 1.82) is 0 Å². The van der Waals surface area contributed by atoms with E-state index in [9.17, 15) is 0 Å². The van der Waals surface area contributed by atoms with E-state index >= 15 is 0 Å². The molecular weight excluding hydrogens is 282 g/mol. The van der Waals surface area contributed by atoms with Crippen LogP contribution in [0.3, 0.4) is 0 Å². The quantitative estimate of drug-likeness (QED) is 0.841. The van der Waals surface area contributed by atoms with Gasteiger partial charge in [0.1, 0.15) is 0 Å². The van der Waals surface area contributed by atoms with Gasteiger partial charge in [-0.1, -0.05) is 35.0 Å². The van der Waals surface area contributed by atoms with Gasteiger partial charge in [-0.2, -0.15) is 11.8 Å². The summed E-state index contributed by atoms with van der Waals surface area (Å²) < 4.78 is 1.17. The average molecular weight is 300 g/mol. The van der Waals surface area contributed by atoms with Crippen molar-refractivity contribution in [1.82, 2.24) is 5.32 Å². The Balaban J connectivity index is 2.22. The van der Waals surface area contributed by atoms with Crippen molar-refractivity contribution in [2.75, 3.05) is 5.75 Å². The molecule has 0 spiro atoms. The van der Waals surface area contributed by atoms with E-state index in [1.807, 2.05) is 0 Å². The second-order valence-electron chi connectivity index (χ2n) is 4.46. The van der Waals surface area contributed by atoms with Gasteiger partial charge >= 0.3 is 0 Å². The van der Waals surface area contributed by atoms with Crippen LogP contribution in [0.4, 0.5) is 0 Å². The van der Waals surface area contributed by atoms with Crippen LogP contribution in [0.15, 0.2) is 28.7 Å². The molecule has 1 aromatic carbocycles. The molecule has 1 N–H and O–H groups in total. The normalized spacial score (nSPS) is 31.1. The van der Waals surface area contributed by atoms with Crippen LogP contribution in [0.2, 0.25) is 0 Å². The molecule has 3 unspecified atom stereocenters. The van der Waals surface area contributed by atoms with Gasteiger partial charge in [0, 0.05) is 21.8 Å². The van der Waals surface area contributed by atoms with Gasteiger partial charge in [0.25, 0.3) is 0 Å². The first-order valence-electron chi connectivity index (χ1n) is 5.80. The molecule has 0 radical (unpaired) electrons. The van der Waals surface area contributed by atoms with Gasteiger partial charge < -0.3 is 5.32 Å². The lowest BCUT2D eigenvalue weighted by Gasteiger charge is -2.24. The van der Waals surface area contributed by atoms with E-state index in [0.717, 1.165) is 0 Å². The Hall–Kier alpha value is 0.01000. The van der Waals surface area contributed by atoms with Crippen LogP contribution in [0, 0.1) is 0 Å². The fraction of sp³-hybridized carbons (Fsp3) is 0.538. The minimum Gasteiger partial charge on any atom is -0.306 e. The van der Waals surface area contributed by atoms with Crippen LogP contribution in [0.5, 0.6) is 0 Å². The molecule has 1 saturated heterocycles. The van der Waals surface area contributed by atoms with E-state index in [1.165, 1.54) is 22.2 Å². The third kappa shape index (κ3) is 3.02. The minimum atomic E-state index is 0.472. The van der Waals surface area contributed by atoms with E-state index in [1.54, 1.807) is 0 Å². The summed E-state index contributed by atoms with van der Waals surface area (Å²) in [5.41, 5.74) is 1.39. The van der Waals surface area contributed by atoms with Gasteiger partial charge in [0.2, 0.25) is 0 Å². The summed E-state index contributed by atoms with van der Waals surface area (Å²) in [6.07, 6.45) is 1.26. The molecule has 3 atom stereocenters. The SMILES string of the molecule is CC1CCSC(C)C(c2cccc(Br)c2)N1. The van der Waals surface area contributed by atoms with Crippen LogP contribution in [0.25, 0.3) is 0 Å². The predicted octanol–water partition coefficient (Wildman–Crippen LogP) is 3.99. The highest BCUT2D eigenvalue weighted by Gasteiger charge is 2.24. The zero-order chi connectivity index (χ0) is 11.5. The van der Waals surface area contributed by atoms with Crippen molar-refractivity contribution in [3.63, 3.8) is 0 Å². The highest BCUT2D eigenvalue weighted by Crippen LogP contribution is 2.31. The van der Waals surface area contributed by atoms with E-state index in [2.05, 4.69) is 71.1 Å². The molecule has 0 amide bonds. The highest BCUT2D eigenvalue weighted by atomic mass is 79.9. The van der Waals surface area contributed by atoms with Crippen LogP contribution in [-0.2, 0) is 0 Å². The number of hydrogen-bond donors (Lipinski definition) is 1. The Morgan fingerprint density at radius 3 is 2.94 bits per heavy atom. The Bertz CT molecular complexity index is 356. The minimum absolute atomic E-state index is 0.472. The summed E-state index contributed by atoms with van der Waals surface area (Å²) in [4.78, 5) is 0. The molecule has 1 aliphatic rings. The molecule has 1 fully saturated rings. The predicted molar refractivity (Wildman–Crippen MR) is 76.0 cm³/mol. The van der Waals surface area contributed by atoms with E-state index in [4.69, 9.17) is 0 Å². The lowest BCUT2D eigenvalue weighted by Crippen LogP contribution is -2.33. The summed E-state index contributed by atoms with van der Waals surface area (Å²) in [7, 11) is 0. The number of thioether (sulfide) groups is 1. The molecule has 0 aromatic heterocycles. The molecule has 0 bridgehead atoms. The second-order valence-corrected chi connectivity index (χ2v) is 6.87. The van der Waals surface area contributed by atoms with Gasteiger partial charge in [-0.05, 0) is 36.8 Å². The number of nitrogens with one attached hydrogen (secondary N) is 1. The summed E-state index contributed by atoms with van der Waals surface area (Å²) in [5.74, 6) is 1.26. The van der Waals surface area contributed by atoms with Crippen LogP contribution in [0.1, 0.15) is 31.9 Å². The smallest absolute Gasteiger partial charge is 0.0440 e. The third-order valence-electron chi connectivity index (χ3n) is 3.07. The maximum atomic E-state index is 3.73. The Morgan fingerprint density at radius 1 is 1.38 bits per heavy atom. The molecular formula is C13H18BrNS. The first kappa shape index (κ1) is 12.5. The second kappa shape index (κ2) is 5.56. The lowest BCUT2D eigenvalue weighted by molar-refractivity contribution is 0.456. The number of halogens is 1. The van der Waals surface area contributed by atoms with E-state index in [-0.39, 0.29) is 0 Å². The van der Waals surface area contributed by atoms with Crippen LogP contribution in [-0.4, -0.2) is 17.0 Å². The first-order valence-corrected chi connectivity index (χ1v) is 7.64. The highest BCUT2D eigenvalue weighted by molar-refractivity contribution is 9.10. The first-order chi connectivity index (χ1) is 7.66. The zero-order valence-corrected chi connectivity index (χ0v) is 12.1. The molecule has 1 heterocycles. The molecule has 0 saturated carbocycles. The van der Waals surface area contributed by atoms with Gasteiger partial charge in [-0.15, -0.1) is 0 Å². The lowest BCUT2D eigenvalue weighted by atomic mass is 10.0. The van der Waals surface area contributed by atoms with Crippen LogP contribution >= 0.6 is 27.7 Å². The van der Waals surface area contributed by atoms with Crippen molar-refractivity contribution >= 4 is 27.7 Å². The molecule has 0 aliphatic carbocycles. The van der Waals surface area contributed by atoms with Gasteiger partial charge in [-0.25, -0.2) is 0 Å². The Kier molecular flexibility index (Phi) is 4.34. The topological polar surface area (TPSA) is 12.0 Å². The van der Waals surface area contributed by atoms with Gasteiger partial charge in [-0.3, -0.25) is 0 Å². The monoisotopic (exact) mass is 299 g/mol. The summed E-state index contributed by atoms with van der Waals surface area (Å²) in [6, 6.07) is 9.74. The van der Waals surface area contributed by atoms with Crippen molar-refractivity contribution < 1.29 is 0 Å². The Morgan fingerprint density at radius 2 is 2.19 bits per heavy atom. The van der Waals surface area contributed by atoms with Crippen molar-refractivity contribution in [2.45, 2.75) is 37.6 Å². The van der Waals surface area contributed by atoms with E-state index in [0.29, 0.717) is 17.3 Å². The largest absolute Gasteiger partial charge is 0.306 e. The van der Waals surface area contributed by atoms with Crippen LogP contribution < -0.4 is 5.32 Å². The standard InChI is InChI=1S/C13H18BrNS/c1-9-6-7-16-10(2)13(15-9)11-4-3-5-12(14)8-11/h3-5,8-10,13,15H,6-7H2,1-2H3. The molecule has 2 rings (SSSR count). The van der Waals surface area contributed by atoms with Crippen molar-refractivity contribution in [2.24, 2.45) is 0 Å². The third-order valence-corrected chi connectivity index (χ3v) is 4.84. The average Bonchev–Trinajstić information content (AvgIpc) is 2.41. The molecule has 16 heavy (non-hydrogen) atoms. The summed E-state index contributed by atoms with van der Waals surface area (Å²) >= 11 is 5.62. The Labute approximate surface area is 111 Å². The summed E-state index contributed by atoms with van der Waals surface area (Å²) in [5, 5.41) is 4.37. The van der Waals surface area contributed by atoms with Crippen molar-refractivity contribution in [3.8, 4) is 0 Å². The van der Waals surface area contributed by atoms with Gasteiger partial charge in [0.15, 0.2) is 0 Å². The molecule has 1 nitrogen and oxygen atoms in total. The maximum Gasteiger partial charge on any atom is 0.0440 e. The number of hydrogen-bond acceptors (Lipinski definition) is 2. The fourth-order valence-electron chi connectivity index (χ4n) is 2.12. The molecule has 1 aromatic rings. The number of rotatable bonds is 1. The molecule has 1 aliphatic heterocycles. The zero-order valence-electron chi connectivity index (χ0n) is 9.74. The fourth-order valence-corrected chi connectivity index (χ4v) is 3.83. The van der Waals surface area contributed by atoms with Crippen molar-refractivity contribution in [3.05, 3.63) is 34.3 Å². The van der Waals surface area contributed by atoms with E-state index < -0.39 is 0 Å². The summed E-state index contributed by atoms with van der Waals surface area (Å²) in [6.45, 7) is 4.60. The molecule has 3 heteroatoms. The number of benzene rings is 1. The van der Waals surface area contributed by atoms with Gasteiger partial charge in [0.05, 0.1) is 0 Å². The molecule has 88 valence electrons.